The van der Waals surface area contributed by atoms with Crippen molar-refractivity contribution in [2.75, 3.05) is 46.4 Å². The highest BCUT2D eigenvalue weighted by Crippen LogP contribution is 2.27. The first-order valence-electron chi connectivity index (χ1n) is 7.31. The summed E-state index contributed by atoms with van der Waals surface area (Å²) in [6, 6.07) is 5.00. The molecule has 0 amide bonds. The highest BCUT2D eigenvalue weighted by atomic mass is 35.5. The van der Waals surface area contributed by atoms with Gasteiger partial charge in [0.15, 0.2) is 0 Å². The van der Waals surface area contributed by atoms with Crippen molar-refractivity contribution in [3.63, 3.8) is 0 Å². The van der Waals surface area contributed by atoms with Crippen molar-refractivity contribution in [2.45, 2.75) is 12.2 Å². The molecule has 1 aromatic carbocycles. The molecule has 0 unspecified atom stereocenters. The van der Waals surface area contributed by atoms with Crippen molar-refractivity contribution in [3.8, 4) is 5.75 Å². The third-order valence-electron chi connectivity index (χ3n) is 3.42. The second-order valence-corrected chi connectivity index (χ2v) is 6.30. The van der Waals surface area contributed by atoms with Crippen LogP contribution in [0.4, 0.5) is 0 Å². The van der Waals surface area contributed by atoms with E-state index < -0.39 is 6.10 Å². The molecule has 2 atom stereocenters. The van der Waals surface area contributed by atoms with E-state index >= 15 is 0 Å². The maximum absolute atomic E-state index is 9.93. The van der Waals surface area contributed by atoms with Crippen molar-refractivity contribution < 1.29 is 14.6 Å². The number of halogens is 2. The molecule has 1 saturated heterocycles. The molecule has 0 bridgehead atoms. The first kappa shape index (κ1) is 17.8. The van der Waals surface area contributed by atoms with Crippen molar-refractivity contribution in [1.29, 1.82) is 0 Å². The number of hydrogen-bond donors (Lipinski definition) is 2. The van der Waals surface area contributed by atoms with Crippen LogP contribution in [0.1, 0.15) is 0 Å². The molecule has 1 aromatic rings. The van der Waals surface area contributed by atoms with Gasteiger partial charge < -0.3 is 24.8 Å². The zero-order valence-corrected chi connectivity index (χ0v) is 14.1. The van der Waals surface area contributed by atoms with E-state index in [2.05, 4.69) is 17.3 Å². The quantitative estimate of drug-likeness (QED) is 0.784. The van der Waals surface area contributed by atoms with Crippen LogP contribution in [0.5, 0.6) is 5.75 Å². The van der Waals surface area contributed by atoms with Crippen molar-refractivity contribution >= 4 is 23.2 Å². The molecule has 124 valence electrons. The summed E-state index contributed by atoms with van der Waals surface area (Å²) in [7, 11) is 2.08. The molecule has 0 spiro atoms. The summed E-state index contributed by atoms with van der Waals surface area (Å²) in [6.07, 6.45) is -0.453. The Labute approximate surface area is 141 Å². The minimum absolute atomic E-state index is 0.164. The predicted molar refractivity (Wildman–Crippen MR) is 88.1 cm³/mol. The number of nitrogens with one attached hydrogen (secondary N) is 1. The molecule has 0 radical (unpaired) electrons. The first-order valence-corrected chi connectivity index (χ1v) is 8.07. The third-order valence-corrected chi connectivity index (χ3v) is 3.95. The van der Waals surface area contributed by atoms with Gasteiger partial charge in [-0.3, -0.25) is 0 Å². The molecule has 0 aromatic heterocycles. The summed E-state index contributed by atoms with van der Waals surface area (Å²) in [5.74, 6) is 0.516. The number of nitrogens with zero attached hydrogens (tertiary/aromatic N) is 1. The van der Waals surface area contributed by atoms with Gasteiger partial charge in [0.2, 0.25) is 0 Å². The maximum Gasteiger partial charge on any atom is 0.138 e. The van der Waals surface area contributed by atoms with E-state index in [-0.39, 0.29) is 12.7 Å². The number of benzene rings is 1. The van der Waals surface area contributed by atoms with Gasteiger partial charge in [0.05, 0.1) is 17.7 Å². The van der Waals surface area contributed by atoms with Crippen molar-refractivity contribution in [1.82, 2.24) is 10.2 Å². The van der Waals surface area contributed by atoms with Crippen LogP contribution < -0.4 is 10.1 Å². The molecular weight excluding hydrogens is 327 g/mol. The zero-order valence-electron chi connectivity index (χ0n) is 12.6. The summed E-state index contributed by atoms with van der Waals surface area (Å²) >= 11 is 11.8. The lowest BCUT2D eigenvalue weighted by Gasteiger charge is -2.30. The monoisotopic (exact) mass is 348 g/mol. The fraction of sp³-hybridized carbons (Fsp3) is 0.600. The normalized spacial score (nSPS) is 20.8. The Morgan fingerprint density at radius 2 is 2.32 bits per heavy atom. The van der Waals surface area contributed by atoms with E-state index in [9.17, 15) is 5.11 Å². The van der Waals surface area contributed by atoms with Gasteiger partial charge >= 0.3 is 0 Å². The van der Waals surface area contributed by atoms with Crippen LogP contribution in [0.3, 0.4) is 0 Å². The van der Waals surface area contributed by atoms with Gasteiger partial charge in [-0.1, -0.05) is 23.2 Å². The van der Waals surface area contributed by atoms with Gasteiger partial charge in [0.25, 0.3) is 0 Å². The minimum atomic E-state index is -0.618. The average molecular weight is 349 g/mol. The highest BCUT2D eigenvalue weighted by Gasteiger charge is 2.17. The molecular formula is C15H22Cl2N2O3. The summed E-state index contributed by atoms with van der Waals surface area (Å²) in [5, 5.41) is 14.1. The molecule has 0 saturated carbocycles. The fourth-order valence-corrected chi connectivity index (χ4v) is 2.70. The number of aliphatic hydroxyl groups is 1. The molecule has 5 nitrogen and oxygen atoms in total. The largest absolute Gasteiger partial charge is 0.489 e. The summed E-state index contributed by atoms with van der Waals surface area (Å²) in [5.41, 5.74) is 0. The van der Waals surface area contributed by atoms with Gasteiger partial charge in [-0.15, -0.1) is 0 Å². The lowest BCUT2D eigenvalue weighted by molar-refractivity contribution is -0.0196. The minimum Gasteiger partial charge on any atom is -0.489 e. The van der Waals surface area contributed by atoms with Gasteiger partial charge in [0, 0.05) is 31.2 Å². The number of likely N-dealkylation sites (N-methyl/N-ethyl adjacent to an activating group) is 1. The molecule has 1 fully saturated rings. The van der Waals surface area contributed by atoms with E-state index in [1.807, 2.05) is 0 Å². The lowest BCUT2D eigenvalue weighted by Crippen LogP contribution is -2.46. The lowest BCUT2D eigenvalue weighted by atomic mass is 10.2. The zero-order chi connectivity index (χ0) is 15.9. The Morgan fingerprint density at radius 3 is 3.05 bits per heavy atom. The molecule has 1 aliphatic rings. The highest BCUT2D eigenvalue weighted by molar-refractivity contribution is 6.35. The van der Waals surface area contributed by atoms with E-state index in [1.165, 1.54) is 0 Å². The number of hydrogen-bond acceptors (Lipinski definition) is 5. The Kier molecular flexibility index (Phi) is 7.21. The summed E-state index contributed by atoms with van der Waals surface area (Å²) < 4.78 is 11.1. The number of morpholine rings is 1. The van der Waals surface area contributed by atoms with E-state index in [0.717, 1.165) is 19.7 Å². The van der Waals surface area contributed by atoms with Gasteiger partial charge in [-0.05, 0) is 25.2 Å². The number of rotatable bonds is 7. The van der Waals surface area contributed by atoms with Crippen LogP contribution in [0.25, 0.3) is 0 Å². The van der Waals surface area contributed by atoms with Gasteiger partial charge in [-0.25, -0.2) is 0 Å². The van der Waals surface area contributed by atoms with Crippen LogP contribution in [-0.4, -0.2) is 68.7 Å². The van der Waals surface area contributed by atoms with Crippen LogP contribution in [0, 0.1) is 0 Å². The molecule has 1 aliphatic heterocycles. The first-order chi connectivity index (χ1) is 10.5. The average Bonchev–Trinajstić information content (AvgIpc) is 2.46. The Hall–Kier alpha value is -0.560. The molecule has 2 rings (SSSR count). The Morgan fingerprint density at radius 1 is 1.50 bits per heavy atom. The third kappa shape index (κ3) is 5.91. The second-order valence-electron chi connectivity index (χ2n) is 5.45. The molecule has 2 N–H and O–H groups in total. The smallest absolute Gasteiger partial charge is 0.138 e. The molecule has 7 heteroatoms. The van der Waals surface area contributed by atoms with Crippen LogP contribution in [0.15, 0.2) is 18.2 Å². The summed E-state index contributed by atoms with van der Waals surface area (Å²) in [4.78, 5) is 2.23. The molecule has 22 heavy (non-hydrogen) atoms. The van der Waals surface area contributed by atoms with Gasteiger partial charge in [0.1, 0.15) is 18.5 Å². The second kappa shape index (κ2) is 8.91. The van der Waals surface area contributed by atoms with Crippen molar-refractivity contribution in [2.24, 2.45) is 0 Å². The molecule has 0 aliphatic carbocycles. The fourth-order valence-electron chi connectivity index (χ4n) is 2.24. The van der Waals surface area contributed by atoms with Crippen LogP contribution >= 0.6 is 23.2 Å². The summed E-state index contributed by atoms with van der Waals surface area (Å²) in [6.45, 7) is 3.94. The van der Waals surface area contributed by atoms with Crippen molar-refractivity contribution in [3.05, 3.63) is 28.2 Å². The van der Waals surface area contributed by atoms with E-state index in [4.69, 9.17) is 32.7 Å². The maximum atomic E-state index is 9.93. The Balaban J connectivity index is 1.64. The number of ether oxygens (including phenoxy) is 2. The van der Waals surface area contributed by atoms with Crippen LogP contribution in [0.2, 0.25) is 10.0 Å². The SMILES string of the molecule is CN1CCO[C@@H](CNC[C@@H](O)COc2ccc(Cl)cc2Cl)C1. The predicted octanol–water partition coefficient (Wildman–Crippen LogP) is 1.65. The Bertz CT molecular complexity index is 476. The van der Waals surface area contributed by atoms with Gasteiger partial charge in [-0.2, -0.15) is 0 Å². The molecule has 1 heterocycles. The number of aliphatic hydroxyl groups excluding tert-OH is 1. The van der Waals surface area contributed by atoms with E-state index in [0.29, 0.717) is 28.9 Å². The van der Waals surface area contributed by atoms with E-state index in [1.54, 1.807) is 18.2 Å². The standard InChI is InChI=1S/C15H22Cl2N2O3/c1-19-4-5-21-13(9-19)8-18-7-12(20)10-22-15-3-2-11(16)6-14(15)17/h2-3,6,12-13,18,20H,4-5,7-10H2,1H3/t12-,13+/m1/s1. The van der Waals surface area contributed by atoms with Crippen LogP contribution in [-0.2, 0) is 4.74 Å². The topological polar surface area (TPSA) is 54.0 Å².